The molecule has 1 aromatic rings. The monoisotopic (exact) mass is 301 g/mol. The number of halogens is 1. The Balaban J connectivity index is 2.83. The van der Waals surface area contributed by atoms with Crippen LogP contribution in [-0.2, 0) is 9.53 Å². The van der Waals surface area contributed by atoms with E-state index in [1.54, 1.807) is 31.2 Å². The van der Waals surface area contributed by atoms with E-state index in [1.807, 2.05) is 0 Å². The molecule has 0 saturated carbocycles. The number of alkyl halides is 1. The average Bonchev–Trinajstić information content (AvgIpc) is 2.25. The van der Waals surface area contributed by atoms with Gasteiger partial charge in [0, 0.05) is 5.69 Å². The molecular formula is C11H12BrNO4. The van der Waals surface area contributed by atoms with E-state index in [1.165, 1.54) is 0 Å². The maximum atomic E-state index is 11.7. The van der Waals surface area contributed by atoms with Crippen molar-refractivity contribution in [2.24, 2.45) is 0 Å². The van der Waals surface area contributed by atoms with Gasteiger partial charge >= 0.3 is 11.9 Å². The number of rotatable bonds is 5. The van der Waals surface area contributed by atoms with E-state index in [0.29, 0.717) is 11.3 Å². The van der Waals surface area contributed by atoms with E-state index in [4.69, 9.17) is 9.84 Å². The highest BCUT2D eigenvalue weighted by molar-refractivity contribution is 9.09. The van der Waals surface area contributed by atoms with Gasteiger partial charge in [0.25, 0.3) is 0 Å². The van der Waals surface area contributed by atoms with Crippen LogP contribution in [-0.4, -0.2) is 28.6 Å². The van der Waals surface area contributed by atoms with Crippen LogP contribution in [0.15, 0.2) is 24.3 Å². The Morgan fingerprint density at radius 2 is 2.12 bits per heavy atom. The zero-order valence-electron chi connectivity index (χ0n) is 9.14. The van der Waals surface area contributed by atoms with Gasteiger partial charge in [0.1, 0.15) is 6.54 Å². The van der Waals surface area contributed by atoms with Gasteiger partial charge in [-0.2, -0.15) is 0 Å². The number of carbonyl (C=O) groups excluding carboxylic acids is 1. The Morgan fingerprint density at radius 1 is 1.47 bits per heavy atom. The maximum absolute atomic E-state index is 11.7. The number of carboxylic acid groups (broad SMARTS) is 1. The Bertz CT molecular complexity index is 420. The standard InChI is InChI=1S/C11H12BrNO4/c1-7(12)17-11(16)8-4-2-3-5-9(8)13-6-10(14)15/h2-5,7,13H,6H2,1H3,(H,14,15). The first kappa shape index (κ1) is 13.5. The average molecular weight is 302 g/mol. The SMILES string of the molecule is CC(Br)OC(=O)c1ccccc1NCC(=O)O. The fraction of sp³-hybridized carbons (Fsp3) is 0.273. The lowest BCUT2D eigenvalue weighted by atomic mass is 10.2. The summed E-state index contributed by atoms with van der Waals surface area (Å²) in [7, 11) is 0. The highest BCUT2D eigenvalue weighted by Gasteiger charge is 2.14. The first-order valence-electron chi connectivity index (χ1n) is 4.90. The lowest BCUT2D eigenvalue weighted by Crippen LogP contribution is -2.16. The minimum absolute atomic E-state index is 0.256. The van der Waals surface area contributed by atoms with E-state index in [-0.39, 0.29) is 6.54 Å². The Kier molecular flexibility index (Phi) is 4.96. The van der Waals surface area contributed by atoms with E-state index in [9.17, 15) is 9.59 Å². The molecule has 92 valence electrons. The van der Waals surface area contributed by atoms with Gasteiger partial charge in [-0.1, -0.05) is 12.1 Å². The maximum Gasteiger partial charge on any atom is 0.341 e. The van der Waals surface area contributed by atoms with Crippen molar-refractivity contribution in [3.63, 3.8) is 0 Å². The third-order valence-corrected chi connectivity index (χ3v) is 2.03. The third kappa shape index (κ3) is 4.44. The van der Waals surface area contributed by atoms with E-state index >= 15 is 0 Å². The minimum atomic E-state index is -0.998. The predicted octanol–water partition coefficient (Wildman–Crippen LogP) is 2.08. The Labute approximate surface area is 107 Å². The lowest BCUT2D eigenvalue weighted by Gasteiger charge is -2.11. The number of hydrogen-bond acceptors (Lipinski definition) is 4. The van der Waals surface area contributed by atoms with Crippen LogP contribution in [0.5, 0.6) is 0 Å². The van der Waals surface area contributed by atoms with Gasteiger partial charge in [0.15, 0.2) is 5.01 Å². The van der Waals surface area contributed by atoms with Crippen LogP contribution < -0.4 is 5.32 Å². The zero-order valence-corrected chi connectivity index (χ0v) is 10.7. The van der Waals surface area contributed by atoms with Crippen molar-refractivity contribution >= 4 is 33.6 Å². The lowest BCUT2D eigenvalue weighted by molar-refractivity contribution is -0.134. The first-order chi connectivity index (χ1) is 8.00. The summed E-state index contributed by atoms with van der Waals surface area (Å²) in [5.74, 6) is -1.51. The summed E-state index contributed by atoms with van der Waals surface area (Å²) in [5.41, 5.74) is 0.744. The molecule has 0 fully saturated rings. The molecule has 0 aromatic heterocycles. The quantitative estimate of drug-likeness (QED) is 0.643. The largest absolute Gasteiger partial charge is 0.480 e. The van der Waals surface area contributed by atoms with Crippen LogP contribution in [0.2, 0.25) is 0 Å². The number of carbonyl (C=O) groups is 2. The molecule has 2 N–H and O–H groups in total. The summed E-state index contributed by atoms with van der Waals surface area (Å²) in [4.78, 5) is 22.1. The number of anilines is 1. The van der Waals surface area contributed by atoms with E-state index < -0.39 is 17.0 Å². The van der Waals surface area contributed by atoms with Gasteiger partial charge in [-0.25, -0.2) is 4.79 Å². The normalized spacial score (nSPS) is 11.6. The first-order valence-corrected chi connectivity index (χ1v) is 5.82. The van der Waals surface area contributed by atoms with Gasteiger partial charge in [-0.15, -0.1) is 0 Å². The number of benzene rings is 1. The molecule has 5 nitrogen and oxygen atoms in total. The molecule has 17 heavy (non-hydrogen) atoms. The molecule has 1 rings (SSSR count). The number of aliphatic carboxylic acids is 1. The number of ether oxygens (including phenoxy) is 1. The molecule has 6 heteroatoms. The van der Waals surface area contributed by atoms with Gasteiger partial charge in [-0.05, 0) is 35.0 Å². The van der Waals surface area contributed by atoms with Gasteiger partial charge in [0.2, 0.25) is 0 Å². The number of carboxylic acids is 1. The molecule has 0 aliphatic heterocycles. The molecular weight excluding hydrogens is 290 g/mol. The molecule has 0 bridgehead atoms. The summed E-state index contributed by atoms with van der Waals surface area (Å²) < 4.78 is 4.97. The summed E-state index contributed by atoms with van der Waals surface area (Å²) in [6, 6.07) is 6.58. The van der Waals surface area contributed by atoms with Crippen LogP contribution in [0.4, 0.5) is 5.69 Å². The van der Waals surface area contributed by atoms with Gasteiger partial charge < -0.3 is 15.2 Å². The second-order valence-electron chi connectivity index (χ2n) is 3.24. The van der Waals surface area contributed by atoms with Gasteiger partial charge in [-0.3, -0.25) is 4.79 Å². The summed E-state index contributed by atoms with van der Waals surface area (Å²) >= 11 is 3.10. The third-order valence-electron chi connectivity index (χ3n) is 1.85. The zero-order chi connectivity index (χ0) is 12.8. The molecule has 1 aromatic carbocycles. The predicted molar refractivity (Wildman–Crippen MR) is 66.4 cm³/mol. The fourth-order valence-corrected chi connectivity index (χ4v) is 1.37. The number of nitrogens with one attached hydrogen (secondary N) is 1. The van der Waals surface area contributed by atoms with Crippen LogP contribution in [0.3, 0.4) is 0 Å². The summed E-state index contributed by atoms with van der Waals surface area (Å²) in [5, 5.41) is 10.8. The molecule has 0 aliphatic carbocycles. The van der Waals surface area contributed by atoms with Crippen LogP contribution in [0.25, 0.3) is 0 Å². The van der Waals surface area contributed by atoms with Crippen LogP contribution >= 0.6 is 15.9 Å². The number of hydrogen-bond donors (Lipinski definition) is 2. The van der Waals surface area contributed by atoms with Crippen molar-refractivity contribution in [1.29, 1.82) is 0 Å². The molecule has 0 radical (unpaired) electrons. The van der Waals surface area contributed by atoms with Crippen LogP contribution in [0, 0.1) is 0 Å². The van der Waals surface area contributed by atoms with Gasteiger partial charge in [0.05, 0.1) is 5.56 Å². The smallest absolute Gasteiger partial charge is 0.341 e. The van der Waals surface area contributed by atoms with Crippen molar-refractivity contribution in [2.75, 3.05) is 11.9 Å². The van der Waals surface area contributed by atoms with Crippen molar-refractivity contribution in [2.45, 2.75) is 11.9 Å². The van der Waals surface area contributed by atoms with Crippen LogP contribution in [0.1, 0.15) is 17.3 Å². The second-order valence-corrected chi connectivity index (χ2v) is 4.53. The number of esters is 1. The summed E-state index contributed by atoms with van der Waals surface area (Å²) in [6.45, 7) is 1.42. The fourth-order valence-electron chi connectivity index (χ4n) is 1.20. The summed E-state index contributed by atoms with van der Waals surface area (Å²) in [6.07, 6.45) is 0. The number of para-hydroxylation sites is 1. The second kappa shape index (κ2) is 6.24. The topological polar surface area (TPSA) is 75.6 Å². The van der Waals surface area contributed by atoms with Crippen molar-refractivity contribution in [3.8, 4) is 0 Å². The van der Waals surface area contributed by atoms with Crippen molar-refractivity contribution in [3.05, 3.63) is 29.8 Å². The molecule has 1 atom stereocenters. The highest BCUT2D eigenvalue weighted by atomic mass is 79.9. The molecule has 0 spiro atoms. The Morgan fingerprint density at radius 3 is 2.71 bits per heavy atom. The van der Waals surface area contributed by atoms with Crippen molar-refractivity contribution < 1.29 is 19.4 Å². The molecule has 0 saturated heterocycles. The van der Waals surface area contributed by atoms with E-state index in [0.717, 1.165) is 0 Å². The highest BCUT2D eigenvalue weighted by Crippen LogP contribution is 2.17. The molecule has 0 heterocycles. The molecule has 0 aliphatic rings. The minimum Gasteiger partial charge on any atom is -0.480 e. The van der Waals surface area contributed by atoms with Crippen molar-refractivity contribution in [1.82, 2.24) is 0 Å². The molecule has 0 amide bonds. The molecule has 1 unspecified atom stereocenters. The Hall–Kier alpha value is -1.56. The van der Waals surface area contributed by atoms with E-state index in [2.05, 4.69) is 21.2 Å².